The molecule has 0 spiro atoms. The van der Waals surface area contributed by atoms with E-state index in [0.29, 0.717) is 18.4 Å². The quantitative estimate of drug-likeness (QED) is 0.678. The summed E-state index contributed by atoms with van der Waals surface area (Å²) >= 11 is 0. The van der Waals surface area contributed by atoms with Crippen molar-refractivity contribution in [1.82, 2.24) is 10.6 Å². The molecule has 1 aliphatic carbocycles. The highest BCUT2D eigenvalue weighted by Crippen LogP contribution is 2.39. The molecule has 0 aromatic heterocycles. The van der Waals surface area contributed by atoms with Crippen molar-refractivity contribution in [2.24, 2.45) is 17.8 Å². The Morgan fingerprint density at radius 1 is 1.33 bits per heavy atom. The van der Waals surface area contributed by atoms with Gasteiger partial charge in [-0.3, -0.25) is 0 Å². The first-order valence-electron chi connectivity index (χ1n) is 6.56. The maximum atomic E-state index is 11.7. The zero-order valence-corrected chi connectivity index (χ0v) is 11.6. The van der Waals surface area contributed by atoms with Crippen LogP contribution in [-0.4, -0.2) is 29.2 Å². The van der Waals surface area contributed by atoms with Gasteiger partial charge >= 0.3 is 12.0 Å². The molecule has 2 atom stereocenters. The Balaban J connectivity index is 2.45. The zero-order chi connectivity index (χ0) is 13.9. The molecule has 5 heteroatoms. The lowest BCUT2D eigenvalue weighted by molar-refractivity contribution is -0.144. The first kappa shape index (κ1) is 14.8. The predicted octanol–water partition coefficient (Wildman–Crippen LogP) is 1.83. The molecule has 2 amide bonds. The second kappa shape index (κ2) is 5.59. The minimum Gasteiger partial charge on any atom is -0.480 e. The van der Waals surface area contributed by atoms with Crippen LogP contribution in [0.4, 0.5) is 4.79 Å². The number of carbonyl (C=O) groups is 2. The van der Waals surface area contributed by atoms with E-state index in [9.17, 15) is 14.7 Å². The largest absolute Gasteiger partial charge is 0.480 e. The zero-order valence-electron chi connectivity index (χ0n) is 11.6. The van der Waals surface area contributed by atoms with Gasteiger partial charge in [-0.15, -0.1) is 0 Å². The smallest absolute Gasteiger partial charge is 0.329 e. The predicted molar refractivity (Wildman–Crippen MR) is 69.3 cm³/mol. The monoisotopic (exact) mass is 256 g/mol. The number of nitrogens with one attached hydrogen (secondary N) is 2. The van der Waals surface area contributed by atoms with Crippen molar-refractivity contribution in [3.63, 3.8) is 0 Å². The molecule has 18 heavy (non-hydrogen) atoms. The van der Waals surface area contributed by atoms with Crippen molar-refractivity contribution in [2.45, 2.75) is 46.1 Å². The second-order valence-electron chi connectivity index (χ2n) is 5.84. The standard InChI is InChI=1S/C13H24N2O3/c1-8(2)9(3)7-14-12(18)15-13(4,11(16)17)10-5-6-10/h8-10H,5-7H2,1-4H3,(H,16,17)(H2,14,15,18). The van der Waals surface area contributed by atoms with E-state index in [1.807, 2.05) is 0 Å². The van der Waals surface area contributed by atoms with Gasteiger partial charge in [0.1, 0.15) is 5.54 Å². The molecular formula is C13H24N2O3. The average molecular weight is 256 g/mol. The third-order valence-corrected chi connectivity index (χ3v) is 3.93. The van der Waals surface area contributed by atoms with Crippen LogP contribution in [0.5, 0.6) is 0 Å². The Bertz CT molecular complexity index is 326. The molecule has 0 saturated heterocycles. The van der Waals surface area contributed by atoms with Crippen molar-refractivity contribution < 1.29 is 14.7 Å². The van der Waals surface area contributed by atoms with Crippen LogP contribution in [0.15, 0.2) is 0 Å². The fraction of sp³-hybridized carbons (Fsp3) is 0.846. The number of urea groups is 1. The Kier molecular flexibility index (Phi) is 4.59. The molecule has 0 aromatic rings. The number of carbonyl (C=O) groups excluding carboxylic acids is 1. The van der Waals surface area contributed by atoms with Crippen LogP contribution in [0.25, 0.3) is 0 Å². The van der Waals surface area contributed by atoms with Gasteiger partial charge in [0.25, 0.3) is 0 Å². The van der Waals surface area contributed by atoms with E-state index in [1.54, 1.807) is 6.92 Å². The third-order valence-electron chi connectivity index (χ3n) is 3.93. The fourth-order valence-electron chi connectivity index (χ4n) is 1.76. The summed E-state index contributed by atoms with van der Waals surface area (Å²) in [5.41, 5.74) is -1.13. The van der Waals surface area contributed by atoms with Crippen molar-refractivity contribution in [1.29, 1.82) is 0 Å². The summed E-state index contributed by atoms with van der Waals surface area (Å²) in [5.74, 6) is -0.0484. The molecular weight excluding hydrogens is 232 g/mol. The van der Waals surface area contributed by atoms with Gasteiger partial charge in [0.15, 0.2) is 0 Å². The first-order chi connectivity index (χ1) is 8.27. The van der Waals surface area contributed by atoms with E-state index in [0.717, 1.165) is 12.8 Å². The van der Waals surface area contributed by atoms with Crippen molar-refractivity contribution in [3.05, 3.63) is 0 Å². The summed E-state index contributed by atoms with van der Waals surface area (Å²) in [5, 5.41) is 14.6. The molecule has 5 nitrogen and oxygen atoms in total. The van der Waals surface area contributed by atoms with Crippen molar-refractivity contribution >= 4 is 12.0 Å². The van der Waals surface area contributed by atoms with Gasteiger partial charge in [-0.1, -0.05) is 20.8 Å². The number of carboxylic acid groups (broad SMARTS) is 1. The molecule has 1 rings (SSSR count). The van der Waals surface area contributed by atoms with Gasteiger partial charge in [0, 0.05) is 6.54 Å². The van der Waals surface area contributed by atoms with Crippen molar-refractivity contribution in [2.75, 3.05) is 6.54 Å². The highest BCUT2D eigenvalue weighted by atomic mass is 16.4. The van der Waals surface area contributed by atoms with Crippen molar-refractivity contribution in [3.8, 4) is 0 Å². The Morgan fingerprint density at radius 3 is 2.28 bits per heavy atom. The number of aliphatic carboxylic acids is 1. The van der Waals surface area contributed by atoms with Crippen LogP contribution in [0.3, 0.4) is 0 Å². The first-order valence-corrected chi connectivity index (χ1v) is 6.56. The fourth-order valence-corrected chi connectivity index (χ4v) is 1.76. The number of carboxylic acids is 1. The molecule has 1 fully saturated rings. The highest BCUT2D eigenvalue weighted by Gasteiger charge is 2.48. The van der Waals surface area contributed by atoms with Gasteiger partial charge in [0.2, 0.25) is 0 Å². The summed E-state index contributed by atoms with van der Waals surface area (Å²) in [6, 6.07) is -0.390. The topological polar surface area (TPSA) is 78.4 Å². The van der Waals surface area contributed by atoms with Crippen LogP contribution in [-0.2, 0) is 4.79 Å². The van der Waals surface area contributed by atoms with Crippen LogP contribution < -0.4 is 10.6 Å². The van der Waals surface area contributed by atoms with E-state index in [4.69, 9.17) is 0 Å². The Hall–Kier alpha value is -1.26. The minimum atomic E-state index is -1.13. The van der Waals surface area contributed by atoms with E-state index >= 15 is 0 Å². The van der Waals surface area contributed by atoms with Gasteiger partial charge < -0.3 is 15.7 Å². The van der Waals surface area contributed by atoms with Gasteiger partial charge in [-0.25, -0.2) is 9.59 Å². The molecule has 1 aliphatic rings. The lowest BCUT2D eigenvalue weighted by atomic mass is 9.96. The molecule has 2 unspecified atom stereocenters. The normalized spacial score (nSPS) is 20.1. The Morgan fingerprint density at radius 2 is 1.89 bits per heavy atom. The second-order valence-corrected chi connectivity index (χ2v) is 5.84. The molecule has 0 aliphatic heterocycles. The number of amides is 2. The Labute approximate surface area is 108 Å². The van der Waals surface area contributed by atoms with Crippen LogP contribution in [0, 0.1) is 17.8 Å². The van der Waals surface area contributed by atoms with Crippen LogP contribution >= 0.6 is 0 Å². The van der Waals surface area contributed by atoms with Gasteiger partial charge in [-0.2, -0.15) is 0 Å². The summed E-state index contributed by atoms with van der Waals surface area (Å²) in [4.78, 5) is 23.0. The van der Waals surface area contributed by atoms with E-state index in [2.05, 4.69) is 31.4 Å². The van der Waals surface area contributed by atoms with E-state index in [-0.39, 0.29) is 11.9 Å². The SMILES string of the molecule is CC(C)C(C)CNC(=O)NC(C)(C(=O)O)C1CC1. The van der Waals surface area contributed by atoms with E-state index in [1.165, 1.54) is 0 Å². The maximum Gasteiger partial charge on any atom is 0.329 e. The third kappa shape index (κ3) is 3.62. The maximum absolute atomic E-state index is 11.7. The number of hydrogen-bond acceptors (Lipinski definition) is 2. The molecule has 1 saturated carbocycles. The average Bonchev–Trinajstić information content (AvgIpc) is 3.08. The molecule has 0 radical (unpaired) electrons. The molecule has 3 N–H and O–H groups in total. The molecule has 0 heterocycles. The van der Waals surface area contributed by atoms with Crippen LogP contribution in [0.1, 0.15) is 40.5 Å². The summed E-state index contributed by atoms with van der Waals surface area (Å²) < 4.78 is 0. The van der Waals surface area contributed by atoms with Crippen LogP contribution in [0.2, 0.25) is 0 Å². The minimum absolute atomic E-state index is 0.0586. The summed E-state index contributed by atoms with van der Waals surface area (Å²) in [7, 11) is 0. The molecule has 0 aromatic carbocycles. The summed E-state index contributed by atoms with van der Waals surface area (Å²) in [6.07, 6.45) is 1.73. The number of hydrogen-bond donors (Lipinski definition) is 3. The van der Waals surface area contributed by atoms with E-state index < -0.39 is 11.5 Å². The lowest BCUT2D eigenvalue weighted by Gasteiger charge is -2.27. The molecule has 0 bridgehead atoms. The summed E-state index contributed by atoms with van der Waals surface area (Å²) in [6.45, 7) is 8.39. The number of rotatable bonds is 6. The molecule has 104 valence electrons. The lowest BCUT2D eigenvalue weighted by Crippen LogP contribution is -2.57. The van der Waals surface area contributed by atoms with Gasteiger partial charge in [-0.05, 0) is 37.5 Å². The highest BCUT2D eigenvalue weighted by molar-refractivity contribution is 5.86. The van der Waals surface area contributed by atoms with Gasteiger partial charge in [0.05, 0.1) is 0 Å².